The largest absolute Gasteiger partial charge is 0.360 e. The Morgan fingerprint density at radius 3 is 2.25 bits per heavy atom. The molecule has 1 aromatic carbocycles. The third-order valence-corrected chi connectivity index (χ3v) is 8.07. The molecule has 4 rings (SSSR count). The van der Waals surface area contributed by atoms with Crippen molar-refractivity contribution in [1.82, 2.24) is 24.1 Å². The zero-order chi connectivity index (χ0) is 23.0. The number of rotatable bonds is 5. The fraction of sp³-hybridized carbons (Fsp3) is 0.409. The second kappa shape index (κ2) is 8.51. The molecule has 1 amide bonds. The van der Waals surface area contributed by atoms with Crippen molar-refractivity contribution < 1.29 is 17.7 Å². The average molecular weight is 458 g/mol. The van der Waals surface area contributed by atoms with E-state index in [0.29, 0.717) is 18.8 Å². The Balaban J connectivity index is 1.44. The van der Waals surface area contributed by atoms with Gasteiger partial charge < -0.3 is 9.42 Å². The lowest BCUT2D eigenvalue weighted by Crippen LogP contribution is -2.51. The molecule has 3 heterocycles. The van der Waals surface area contributed by atoms with E-state index in [2.05, 4.69) is 10.3 Å². The van der Waals surface area contributed by atoms with Crippen molar-refractivity contribution >= 4 is 15.9 Å². The molecule has 2 aromatic heterocycles. The number of sulfonamides is 1. The molecule has 0 spiro atoms. The van der Waals surface area contributed by atoms with Crippen LogP contribution in [0, 0.1) is 27.7 Å². The minimum atomic E-state index is -3.70. The molecule has 9 nitrogen and oxygen atoms in total. The average Bonchev–Trinajstić information content (AvgIpc) is 3.27. The van der Waals surface area contributed by atoms with Crippen LogP contribution in [0.15, 0.2) is 39.8 Å². The van der Waals surface area contributed by atoms with Gasteiger partial charge in [-0.3, -0.25) is 4.79 Å². The highest BCUT2D eigenvalue weighted by atomic mass is 32.2. The minimum absolute atomic E-state index is 0.0294. The highest BCUT2D eigenvalue weighted by molar-refractivity contribution is 7.89. The number of benzene rings is 1. The maximum atomic E-state index is 13.0. The number of piperazine rings is 1. The van der Waals surface area contributed by atoms with Crippen LogP contribution in [0.2, 0.25) is 0 Å². The predicted molar refractivity (Wildman–Crippen MR) is 118 cm³/mol. The monoisotopic (exact) mass is 457 g/mol. The Bertz CT molecular complexity index is 1220. The number of aromatic nitrogens is 3. The molecule has 0 unspecified atom stereocenters. The van der Waals surface area contributed by atoms with E-state index in [0.717, 1.165) is 22.6 Å². The molecule has 1 fully saturated rings. The quantitative estimate of drug-likeness (QED) is 0.582. The first kappa shape index (κ1) is 22.2. The van der Waals surface area contributed by atoms with Crippen molar-refractivity contribution in [3.63, 3.8) is 0 Å². The first-order valence-corrected chi connectivity index (χ1v) is 12.0. The van der Waals surface area contributed by atoms with Gasteiger partial charge in [0.15, 0.2) is 5.76 Å². The number of nitrogens with zero attached hydrogens (tertiary/aromatic N) is 5. The van der Waals surface area contributed by atoms with Gasteiger partial charge in [-0.1, -0.05) is 23.4 Å². The molecule has 32 heavy (non-hydrogen) atoms. The Hall–Kier alpha value is -2.98. The van der Waals surface area contributed by atoms with Crippen LogP contribution in [0.3, 0.4) is 0 Å². The van der Waals surface area contributed by atoms with Crippen molar-refractivity contribution in [1.29, 1.82) is 0 Å². The molecular formula is C22H27N5O4S. The van der Waals surface area contributed by atoms with Crippen LogP contribution < -0.4 is 0 Å². The zero-order valence-corrected chi connectivity index (χ0v) is 19.5. The van der Waals surface area contributed by atoms with Gasteiger partial charge in [0, 0.05) is 37.4 Å². The number of amides is 1. The summed E-state index contributed by atoms with van der Waals surface area (Å²) >= 11 is 0. The van der Waals surface area contributed by atoms with E-state index >= 15 is 0 Å². The normalized spacial score (nSPS) is 15.3. The molecule has 0 N–H and O–H groups in total. The van der Waals surface area contributed by atoms with Crippen LogP contribution in [0.1, 0.15) is 28.4 Å². The molecule has 170 valence electrons. The first-order chi connectivity index (χ1) is 15.2. The number of aryl methyl sites for hydroxylation is 3. The summed E-state index contributed by atoms with van der Waals surface area (Å²) in [5, 5.41) is 8.37. The van der Waals surface area contributed by atoms with Crippen LogP contribution in [0.5, 0.6) is 0 Å². The fourth-order valence-electron chi connectivity index (χ4n) is 4.16. The van der Waals surface area contributed by atoms with Gasteiger partial charge in [-0.15, -0.1) is 0 Å². The van der Waals surface area contributed by atoms with Crippen LogP contribution >= 0.6 is 0 Å². The van der Waals surface area contributed by atoms with E-state index in [-0.39, 0.29) is 36.1 Å². The molecule has 0 aliphatic carbocycles. The molecule has 0 atom stereocenters. The number of para-hydroxylation sites is 1. The summed E-state index contributed by atoms with van der Waals surface area (Å²) in [4.78, 5) is 14.8. The third kappa shape index (κ3) is 3.95. The SMILES string of the molecule is Cc1nn(-c2ccccc2)c(C)c1CC(=O)N1CCN(S(=O)(=O)c2c(C)noc2C)CC1. The van der Waals surface area contributed by atoms with Crippen molar-refractivity contribution in [3.8, 4) is 5.69 Å². The number of carbonyl (C=O) groups is 1. The van der Waals surface area contributed by atoms with E-state index in [9.17, 15) is 13.2 Å². The van der Waals surface area contributed by atoms with Crippen molar-refractivity contribution in [2.45, 2.75) is 39.0 Å². The van der Waals surface area contributed by atoms with E-state index < -0.39 is 10.0 Å². The standard InChI is InChI=1S/C22H27N5O4S/c1-15-20(17(3)27(23-15)19-8-6-5-7-9-19)14-21(28)25-10-12-26(13-11-25)32(29,30)22-16(2)24-31-18(22)4/h5-9H,10-14H2,1-4H3. The molecule has 1 saturated heterocycles. The Labute approximate surface area is 187 Å². The van der Waals surface area contributed by atoms with Gasteiger partial charge in [0.05, 0.1) is 17.8 Å². The Kier molecular flexibility index (Phi) is 5.91. The number of hydrogen-bond acceptors (Lipinski definition) is 6. The number of carbonyl (C=O) groups excluding carboxylic acids is 1. The summed E-state index contributed by atoms with van der Waals surface area (Å²) in [5.74, 6) is 0.251. The van der Waals surface area contributed by atoms with E-state index in [4.69, 9.17) is 4.52 Å². The summed E-state index contributed by atoms with van der Waals surface area (Å²) in [7, 11) is -3.70. The molecule has 1 aliphatic heterocycles. The van der Waals surface area contributed by atoms with Gasteiger partial charge in [0.25, 0.3) is 0 Å². The summed E-state index contributed by atoms with van der Waals surface area (Å²) < 4.78 is 34.3. The van der Waals surface area contributed by atoms with E-state index in [1.807, 2.05) is 48.9 Å². The van der Waals surface area contributed by atoms with Gasteiger partial charge in [0.1, 0.15) is 10.6 Å². The summed E-state index contributed by atoms with van der Waals surface area (Å²) in [6, 6.07) is 9.80. The second-order valence-electron chi connectivity index (χ2n) is 8.01. The Morgan fingerprint density at radius 1 is 1.00 bits per heavy atom. The summed E-state index contributed by atoms with van der Waals surface area (Å²) in [6.45, 7) is 8.22. The zero-order valence-electron chi connectivity index (χ0n) is 18.7. The van der Waals surface area contributed by atoms with E-state index in [1.54, 1.807) is 18.7 Å². The Morgan fingerprint density at radius 2 is 1.66 bits per heavy atom. The van der Waals surface area contributed by atoms with Crippen molar-refractivity contribution in [2.24, 2.45) is 0 Å². The molecule has 10 heteroatoms. The van der Waals surface area contributed by atoms with Crippen molar-refractivity contribution in [3.05, 3.63) is 58.7 Å². The highest BCUT2D eigenvalue weighted by Gasteiger charge is 2.34. The second-order valence-corrected chi connectivity index (χ2v) is 9.89. The lowest BCUT2D eigenvalue weighted by molar-refractivity contribution is -0.131. The molecular weight excluding hydrogens is 430 g/mol. The topological polar surface area (TPSA) is 102 Å². The van der Waals surface area contributed by atoms with Gasteiger partial charge >= 0.3 is 0 Å². The van der Waals surface area contributed by atoms with Crippen LogP contribution in [0.4, 0.5) is 0 Å². The van der Waals surface area contributed by atoms with Crippen LogP contribution in [0.25, 0.3) is 5.69 Å². The predicted octanol–water partition coefficient (Wildman–Crippen LogP) is 2.17. The summed E-state index contributed by atoms with van der Waals surface area (Å²) in [5.41, 5.74) is 3.96. The maximum absolute atomic E-state index is 13.0. The fourth-order valence-corrected chi connectivity index (χ4v) is 5.88. The van der Waals surface area contributed by atoms with Gasteiger partial charge in [-0.05, 0) is 39.8 Å². The molecule has 3 aromatic rings. The molecule has 0 radical (unpaired) electrons. The lowest BCUT2D eigenvalue weighted by atomic mass is 10.1. The van der Waals surface area contributed by atoms with Gasteiger partial charge in [-0.25, -0.2) is 13.1 Å². The number of hydrogen-bond donors (Lipinski definition) is 0. The van der Waals surface area contributed by atoms with Gasteiger partial charge in [0.2, 0.25) is 15.9 Å². The maximum Gasteiger partial charge on any atom is 0.248 e. The van der Waals surface area contributed by atoms with Crippen LogP contribution in [-0.2, 0) is 21.2 Å². The lowest BCUT2D eigenvalue weighted by Gasteiger charge is -2.34. The summed E-state index contributed by atoms with van der Waals surface area (Å²) in [6.07, 6.45) is 0.237. The molecule has 0 saturated carbocycles. The first-order valence-electron chi connectivity index (χ1n) is 10.5. The minimum Gasteiger partial charge on any atom is -0.360 e. The smallest absolute Gasteiger partial charge is 0.248 e. The molecule has 0 bridgehead atoms. The van der Waals surface area contributed by atoms with Crippen LogP contribution in [-0.4, -0.2) is 64.6 Å². The molecule has 1 aliphatic rings. The van der Waals surface area contributed by atoms with Crippen molar-refractivity contribution in [2.75, 3.05) is 26.2 Å². The van der Waals surface area contributed by atoms with Gasteiger partial charge in [-0.2, -0.15) is 9.40 Å². The third-order valence-electron chi connectivity index (χ3n) is 5.93. The highest BCUT2D eigenvalue weighted by Crippen LogP contribution is 2.25. The van der Waals surface area contributed by atoms with E-state index in [1.165, 1.54) is 4.31 Å².